The number of nitrogens with zero attached hydrogens (tertiary/aromatic N) is 2. The first kappa shape index (κ1) is 30.2. The molecular formula is C30H36ClN3O4S. The molecule has 0 unspecified atom stereocenters. The van der Waals surface area contributed by atoms with Crippen molar-refractivity contribution in [1.29, 1.82) is 0 Å². The molecule has 0 radical (unpaired) electrons. The highest BCUT2D eigenvalue weighted by Gasteiger charge is 2.30. The van der Waals surface area contributed by atoms with Gasteiger partial charge in [0.25, 0.3) is 0 Å². The van der Waals surface area contributed by atoms with E-state index in [0.717, 1.165) is 17.4 Å². The Balaban J connectivity index is 1.86. The van der Waals surface area contributed by atoms with Gasteiger partial charge in [0.1, 0.15) is 6.04 Å². The SMILES string of the molecule is CCNC(=O)[C@@H](Cc1ccccc1)N(Cc1ccccc1)C(=O)CCCN(c1cccc(Cl)c1C)S(C)(=O)=O. The van der Waals surface area contributed by atoms with Gasteiger partial charge in [-0.3, -0.25) is 13.9 Å². The highest BCUT2D eigenvalue weighted by molar-refractivity contribution is 7.92. The van der Waals surface area contributed by atoms with Gasteiger partial charge >= 0.3 is 0 Å². The first-order valence-electron chi connectivity index (χ1n) is 13.0. The van der Waals surface area contributed by atoms with E-state index in [9.17, 15) is 18.0 Å². The van der Waals surface area contributed by atoms with Crippen molar-refractivity contribution in [3.8, 4) is 0 Å². The first-order valence-corrected chi connectivity index (χ1v) is 15.2. The standard InChI is InChI=1S/C30H36ClN3O4S/c1-4-32-30(36)28(21-24-13-7-5-8-14-24)33(22-25-15-9-6-10-16-25)29(35)19-12-20-34(39(3,37)38)27-18-11-17-26(31)23(27)2/h5-11,13-18,28H,4,12,19-22H2,1-3H3,(H,32,36)/t28-/m1/s1. The maximum absolute atomic E-state index is 13.7. The number of amides is 2. The molecule has 2 amide bonds. The predicted octanol–water partition coefficient (Wildman–Crippen LogP) is 4.97. The van der Waals surface area contributed by atoms with E-state index in [0.29, 0.717) is 29.2 Å². The maximum Gasteiger partial charge on any atom is 0.243 e. The molecular weight excluding hydrogens is 534 g/mol. The molecule has 0 aliphatic carbocycles. The molecule has 0 spiro atoms. The van der Waals surface area contributed by atoms with Gasteiger partial charge < -0.3 is 10.2 Å². The highest BCUT2D eigenvalue weighted by atomic mass is 35.5. The summed E-state index contributed by atoms with van der Waals surface area (Å²) in [4.78, 5) is 28.6. The number of rotatable bonds is 13. The van der Waals surface area contributed by atoms with Crippen LogP contribution < -0.4 is 9.62 Å². The van der Waals surface area contributed by atoms with E-state index in [1.165, 1.54) is 4.31 Å². The van der Waals surface area contributed by atoms with Gasteiger partial charge in [0.2, 0.25) is 21.8 Å². The number of carbonyl (C=O) groups excluding carboxylic acids is 2. The summed E-state index contributed by atoms with van der Waals surface area (Å²) < 4.78 is 26.6. The van der Waals surface area contributed by atoms with Crippen molar-refractivity contribution in [2.75, 3.05) is 23.7 Å². The molecule has 39 heavy (non-hydrogen) atoms. The van der Waals surface area contributed by atoms with Crippen molar-refractivity contribution in [3.05, 3.63) is 101 Å². The smallest absolute Gasteiger partial charge is 0.243 e. The Labute approximate surface area is 236 Å². The lowest BCUT2D eigenvalue weighted by molar-refractivity contribution is -0.141. The first-order chi connectivity index (χ1) is 18.6. The van der Waals surface area contributed by atoms with E-state index < -0.39 is 16.1 Å². The third kappa shape index (κ3) is 8.57. The molecule has 0 aromatic heterocycles. The molecule has 0 fully saturated rings. The zero-order chi connectivity index (χ0) is 28.4. The Kier molecular flexibility index (Phi) is 10.9. The minimum Gasteiger partial charge on any atom is -0.355 e. The summed E-state index contributed by atoms with van der Waals surface area (Å²) in [5, 5.41) is 3.35. The molecule has 3 aromatic rings. The average molecular weight is 570 g/mol. The molecule has 0 aliphatic heterocycles. The fourth-order valence-corrected chi connectivity index (χ4v) is 5.66. The fourth-order valence-electron chi connectivity index (χ4n) is 4.47. The zero-order valence-electron chi connectivity index (χ0n) is 22.6. The Hall–Kier alpha value is -3.36. The molecule has 0 heterocycles. The second kappa shape index (κ2) is 14.1. The molecule has 3 aromatic carbocycles. The second-order valence-corrected chi connectivity index (χ2v) is 11.7. The van der Waals surface area contributed by atoms with Crippen LogP contribution in [0.5, 0.6) is 0 Å². The zero-order valence-corrected chi connectivity index (χ0v) is 24.2. The Bertz CT molecular complexity index is 1350. The van der Waals surface area contributed by atoms with E-state index >= 15 is 0 Å². The average Bonchev–Trinajstić information content (AvgIpc) is 2.91. The van der Waals surface area contributed by atoms with Gasteiger partial charge in [0, 0.05) is 37.5 Å². The summed E-state index contributed by atoms with van der Waals surface area (Å²) in [6, 6.07) is 23.5. The third-order valence-corrected chi connectivity index (χ3v) is 8.07. The number of anilines is 1. The summed E-state index contributed by atoms with van der Waals surface area (Å²) in [7, 11) is -3.62. The summed E-state index contributed by atoms with van der Waals surface area (Å²) in [5.41, 5.74) is 2.99. The van der Waals surface area contributed by atoms with E-state index in [4.69, 9.17) is 11.6 Å². The second-order valence-electron chi connectivity index (χ2n) is 9.43. The fraction of sp³-hybridized carbons (Fsp3) is 0.333. The largest absolute Gasteiger partial charge is 0.355 e. The van der Waals surface area contributed by atoms with Gasteiger partial charge in [-0.2, -0.15) is 0 Å². The summed E-state index contributed by atoms with van der Waals surface area (Å²) in [6.07, 6.45) is 1.85. The minimum absolute atomic E-state index is 0.0726. The van der Waals surface area contributed by atoms with Crippen LogP contribution in [0.2, 0.25) is 5.02 Å². The molecule has 3 rings (SSSR count). The summed E-state index contributed by atoms with van der Waals surface area (Å²) >= 11 is 6.25. The van der Waals surface area contributed by atoms with Crippen LogP contribution in [0.15, 0.2) is 78.9 Å². The van der Waals surface area contributed by atoms with Crippen molar-refractivity contribution < 1.29 is 18.0 Å². The van der Waals surface area contributed by atoms with Crippen LogP contribution in [0, 0.1) is 6.92 Å². The maximum atomic E-state index is 13.7. The number of hydrogen-bond acceptors (Lipinski definition) is 4. The van der Waals surface area contributed by atoms with Crippen molar-refractivity contribution in [1.82, 2.24) is 10.2 Å². The Morgan fingerprint density at radius 1 is 0.923 bits per heavy atom. The van der Waals surface area contributed by atoms with Crippen LogP contribution >= 0.6 is 11.6 Å². The van der Waals surface area contributed by atoms with Gasteiger partial charge in [-0.05, 0) is 49.1 Å². The van der Waals surface area contributed by atoms with Crippen LogP contribution in [0.3, 0.4) is 0 Å². The predicted molar refractivity (Wildman–Crippen MR) is 157 cm³/mol. The van der Waals surface area contributed by atoms with Crippen molar-refractivity contribution in [2.45, 2.75) is 45.7 Å². The third-order valence-electron chi connectivity index (χ3n) is 6.48. The number of halogens is 1. The molecule has 208 valence electrons. The monoisotopic (exact) mass is 569 g/mol. The van der Waals surface area contributed by atoms with Crippen molar-refractivity contribution in [3.63, 3.8) is 0 Å². The van der Waals surface area contributed by atoms with Crippen LogP contribution in [0.25, 0.3) is 0 Å². The van der Waals surface area contributed by atoms with Crippen molar-refractivity contribution >= 4 is 39.1 Å². The quantitative estimate of drug-likeness (QED) is 0.315. The van der Waals surface area contributed by atoms with E-state index in [1.54, 1.807) is 30.0 Å². The van der Waals surface area contributed by atoms with Crippen LogP contribution in [-0.4, -0.2) is 50.5 Å². The normalized spacial score (nSPS) is 12.0. The minimum atomic E-state index is -3.62. The number of likely N-dealkylation sites (N-methyl/N-ethyl adjacent to an activating group) is 1. The Morgan fingerprint density at radius 3 is 2.13 bits per heavy atom. The van der Waals surface area contributed by atoms with Gasteiger partial charge in [-0.25, -0.2) is 8.42 Å². The lowest BCUT2D eigenvalue weighted by Crippen LogP contribution is -2.50. The van der Waals surface area contributed by atoms with E-state index in [2.05, 4.69) is 5.32 Å². The van der Waals surface area contributed by atoms with E-state index in [1.807, 2.05) is 67.6 Å². The van der Waals surface area contributed by atoms with Crippen LogP contribution in [-0.2, 0) is 32.6 Å². The number of hydrogen-bond donors (Lipinski definition) is 1. The molecule has 0 saturated heterocycles. The summed E-state index contributed by atoms with van der Waals surface area (Å²) in [5.74, 6) is -0.444. The lowest BCUT2D eigenvalue weighted by atomic mass is 10.0. The molecule has 0 saturated carbocycles. The molecule has 9 heteroatoms. The molecule has 7 nitrogen and oxygen atoms in total. The lowest BCUT2D eigenvalue weighted by Gasteiger charge is -2.32. The molecule has 0 bridgehead atoms. The van der Waals surface area contributed by atoms with Crippen molar-refractivity contribution in [2.24, 2.45) is 0 Å². The topological polar surface area (TPSA) is 86.8 Å². The number of benzene rings is 3. The van der Waals surface area contributed by atoms with Gasteiger partial charge in [-0.1, -0.05) is 78.3 Å². The number of carbonyl (C=O) groups is 2. The number of sulfonamides is 1. The summed E-state index contributed by atoms with van der Waals surface area (Å²) in [6.45, 7) is 4.42. The highest BCUT2D eigenvalue weighted by Crippen LogP contribution is 2.28. The van der Waals surface area contributed by atoms with Gasteiger partial charge in [0.05, 0.1) is 11.9 Å². The van der Waals surface area contributed by atoms with Crippen LogP contribution in [0.1, 0.15) is 36.5 Å². The van der Waals surface area contributed by atoms with Gasteiger partial charge in [-0.15, -0.1) is 0 Å². The molecule has 1 atom stereocenters. The van der Waals surface area contributed by atoms with Crippen LogP contribution in [0.4, 0.5) is 5.69 Å². The molecule has 1 N–H and O–H groups in total. The van der Waals surface area contributed by atoms with Gasteiger partial charge in [0.15, 0.2) is 0 Å². The Morgan fingerprint density at radius 2 is 1.54 bits per heavy atom. The number of nitrogens with one attached hydrogen (secondary N) is 1. The van der Waals surface area contributed by atoms with E-state index in [-0.39, 0.29) is 37.7 Å². The molecule has 0 aliphatic rings.